The smallest absolute Gasteiger partial charge is 0.199 e. The number of hydrogen-bond donors (Lipinski definition) is 0. The van der Waals surface area contributed by atoms with Crippen LogP contribution in [-0.2, 0) is 19.8 Å². The molecule has 0 amide bonds. The van der Waals surface area contributed by atoms with Crippen LogP contribution in [0.2, 0.25) is 0 Å². The summed E-state index contributed by atoms with van der Waals surface area (Å²) in [6, 6.07) is 20.5. The lowest BCUT2D eigenvalue weighted by Gasteiger charge is -2.16. The summed E-state index contributed by atoms with van der Waals surface area (Å²) in [7, 11) is 2.07. The van der Waals surface area contributed by atoms with E-state index in [1.165, 1.54) is 5.56 Å². The van der Waals surface area contributed by atoms with Crippen LogP contribution in [0, 0.1) is 4.77 Å². The number of aromatic nitrogens is 3. The van der Waals surface area contributed by atoms with Crippen LogP contribution in [0.25, 0.3) is 11.4 Å². The van der Waals surface area contributed by atoms with Crippen LogP contribution in [0.5, 0.6) is 0 Å². The zero-order valence-corrected chi connectivity index (χ0v) is 15.2. The van der Waals surface area contributed by atoms with Crippen molar-refractivity contribution in [3.63, 3.8) is 0 Å². The van der Waals surface area contributed by atoms with Crippen LogP contribution in [-0.4, -0.2) is 26.3 Å². The molecule has 0 bridgehead atoms. The summed E-state index contributed by atoms with van der Waals surface area (Å²) in [6.45, 7) is 5.97. The average molecular weight is 350 g/mol. The molecule has 4 nitrogen and oxygen atoms in total. The van der Waals surface area contributed by atoms with E-state index in [-0.39, 0.29) is 0 Å². The number of hydrogen-bond acceptors (Lipinski definition) is 3. The second-order valence-corrected chi connectivity index (χ2v) is 6.38. The average Bonchev–Trinajstić information content (AvgIpc) is 2.93. The Balaban J connectivity index is 1.86. The lowest BCUT2D eigenvalue weighted by atomic mass is 10.2. The molecule has 0 aliphatic rings. The summed E-state index contributed by atoms with van der Waals surface area (Å²) in [5.74, 6) is 0.874. The SMILES string of the molecule is C=CCn1c(-c2ccccc2)nn(CN(C)Cc2ccccc2)c1=S. The second-order valence-electron chi connectivity index (χ2n) is 6.01. The van der Waals surface area contributed by atoms with Crippen LogP contribution in [0.15, 0.2) is 73.3 Å². The van der Waals surface area contributed by atoms with Gasteiger partial charge in [0.25, 0.3) is 0 Å². The molecule has 3 rings (SSSR count). The lowest BCUT2D eigenvalue weighted by Crippen LogP contribution is -2.22. The van der Waals surface area contributed by atoms with Gasteiger partial charge in [0, 0.05) is 18.7 Å². The lowest BCUT2D eigenvalue weighted by molar-refractivity contribution is 0.244. The fourth-order valence-corrected chi connectivity index (χ4v) is 3.06. The van der Waals surface area contributed by atoms with E-state index in [0.29, 0.717) is 18.0 Å². The maximum atomic E-state index is 5.65. The van der Waals surface area contributed by atoms with E-state index in [0.717, 1.165) is 17.9 Å². The van der Waals surface area contributed by atoms with Crippen LogP contribution >= 0.6 is 12.2 Å². The highest BCUT2D eigenvalue weighted by Crippen LogP contribution is 2.18. The molecule has 1 aromatic heterocycles. The quantitative estimate of drug-likeness (QED) is 0.468. The number of allylic oxidation sites excluding steroid dienone is 1. The van der Waals surface area contributed by atoms with Crippen molar-refractivity contribution < 1.29 is 0 Å². The van der Waals surface area contributed by atoms with E-state index >= 15 is 0 Å². The molecule has 0 fully saturated rings. The van der Waals surface area contributed by atoms with Gasteiger partial charge in [-0.3, -0.25) is 9.47 Å². The molecule has 128 valence electrons. The van der Waals surface area contributed by atoms with Crippen molar-refractivity contribution in [2.45, 2.75) is 19.8 Å². The molecule has 0 unspecified atom stereocenters. The molecule has 0 aliphatic carbocycles. The van der Waals surface area contributed by atoms with Crippen LogP contribution < -0.4 is 0 Å². The Morgan fingerprint density at radius 2 is 1.72 bits per heavy atom. The van der Waals surface area contributed by atoms with E-state index in [2.05, 4.69) is 54.9 Å². The van der Waals surface area contributed by atoms with Gasteiger partial charge < -0.3 is 0 Å². The van der Waals surface area contributed by atoms with Gasteiger partial charge in [-0.15, -0.1) is 6.58 Å². The Hall–Kier alpha value is -2.50. The molecular formula is C20H22N4S. The molecule has 0 atom stereocenters. The van der Waals surface area contributed by atoms with Crippen molar-refractivity contribution >= 4 is 12.2 Å². The highest BCUT2D eigenvalue weighted by atomic mass is 32.1. The van der Waals surface area contributed by atoms with Crippen molar-refractivity contribution in [2.75, 3.05) is 7.05 Å². The van der Waals surface area contributed by atoms with Gasteiger partial charge in [-0.1, -0.05) is 66.7 Å². The Bertz CT molecular complexity index is 881. The molecule has 0 spiro atoms. The van der Waals surface area contributed by atoms with Gasteiger partial charge in [-0.2, -0.15) is 5.10 Å². The minimum Gasteiger partial charge on any atom is -0.296 e. The fourth-order valence-electron chi connectivity index (χ4n) is 2.80. The van der Waals surface area contributed by atoms with Gasteiger partial charge in [0.1, 0.15) is 0 Å². The standard InChI is InChI=1S/C20H22N4S/c1-3-14-23-19(18-12-8-5-9-13-18)21-24(20(23)25)16-22(2)15-17-10-6-4-7-11-17/h3-13H,1,14-16H2,2H3. The number of rotatable bonds is 7. The Kier molecular flexibility index (Phi) is 5.58. The van der Waals surface area contributed by atoms with E-state index in [9.17, 15) is 0 Å². The van der Waals surface area contributed by atoms with Crippen LogP contribution in [0.1, 0.15) is 5.56 Å². The van der Waals surface area contributed by atoms with Crippen molar-refractivity contribution in [3.05, 3.63) is 83.7 Å². The first-order valence-electron chi connectivity index (χ1n) is 8.25. The molecule has 0 aliphatic heterocycles. The molecule has 25 heavy (non-hydrogen) atoms. The molecule has 2 aromatic carbocycles. The van der Waals surface area contributed by atoms with Crippen LogP contribution in [0.4, 0.5) is 0 Å². The highest BCUT2D eigenvalue weighted by molar-refractivity contribution is 7.71. The van der Waals surface area contributed by atoms with Crippen LogP contribution in [0.3, 0.4) is 0 Å². The zero-order chi connectivity index (χ0) is 17.6. The zero-order valence-electron chi connectivity index (χ0n) is 14.4. The normalized spacial score (nSPS) is 11.0. The summed E-state index contributed by atoms with van der Waals surface area (Å²) in [5, 5.41) is 4.77. The minimum atomic E-state index is 0.637. The molecule has 5 heteroatoms. The summed E-state index contributed by atoms with van der Waals surface area (Å²) in [4.78, 5) is 2.20. The largest absolute Gasteiger partial charge is 0.296 e. The van der Waals surface area contributed by atoms with E-state index in [1.807, 2.05) is 39.6 Å². The first-order valence-corrected chi connectivity index (χ1v) is 8.66. The van der Waals surface area contributed by atoms with Gasteiger partial charge in [0.05, 0.1) is 6.67 Å². The fraction of sp³-hybridized carbons (Fsp3) is 0.200. The first kappa shape index (κ1) is 17.3. The topological polar surface area (TPSA) is 26.0 Å². The van der Waals surface area contributed by atoms with Crippen molar-refractivity contribution in [1.29, 1.82) is 0 Å². The number of benzene rings is 2. The first-order chi connectivity index (χ1) is 12.2. The van der Waals surface area contributed by atoms with Crippen molar-refractivity contribution in [3.8, 4) is 11.4 Å². The molecule has 0 saturated heterocycles. The molecule has 3 aromatic rings. The maximum Gasteiger partial charge on any atom is 0.199 e. The van der Waals surface area contributed by atoms with E-state index in [4.69, 9.17) is 17.3 Å². The summed E-state index contributed by atoms with van der Waals surface area (Å²) in [6.07, 6.45) is 1.85. The Morgan fingerprint density at radius 3 is 2.36 bits per heavy atom. The van der Waals surface area contributed by atoms with Gasteiger partial charge in [-0.25, -0.2) is 4.68 Å². The molecule has 0 N–H and O–H groups in total. The highest BCUT2D eigenvalue weighted by Gasteiger charge is 2.13. The second kappa shape index (κ2) is 8.05. The third-order valence-electron chi connectivity index (χ3n) is 3.94. The van der Waals surface area contributed by atoms with E-state index in [1.54, 1.807) is 0 Å². The third-order valence-corrected chi connectivity index (χ3v) is 4.37. The van der Waals surface area contributed by atoms with Gasteiger partial charge in [0.15, 0.2) is 10.6 Å². The monoisotopic (exact) mass is 350 g/mol. The Labute approximate surface area is 153 Å². The molecule has 1 heterocycles. The Morgan fingerprint density at radius 1 is 1.08 bits per heavy atom. The molecule has 0 radical (unpaired) electrons. The molecular weight excluding hydrogens is 328 g/mol. The predicted molar refractivity (Wildman–Crippen MR) is 105 cm³/mol. The molecule has 0 saturated carbocycles. The summed E-state index contributed by atoms with van der Waals surface area (Å²) in [5.41, 5.74) is 2.32. The minimum absolute atomic E-state index is 0.637. The maximum absolute atomic E-state index is 5.65. The predicted octanol–water partition coefficient (Wildman–Crippen LogP) is 4.36. The van der Waals surface area contributed by atoms with Crippen molar-refractivity contribution in [1.82, 2.24) is 19.2 Å². The number of nitrogens with zero attached hydrogens (tertiary/aromatic N) is 4. The van der Waals surface area contributed by atoms with Gasteiger partial charge in [-0.05, 0) is 24.8 Å². The van der Waals surface area contributed by atoms with Gasteiger partial charge >= 0.3 is 0 Å². The van der Waals surface area contributed by atoms with Gasteiger partial charge in [0.2, 0.25) is 0 Å². The van der Waals surface area contributed by atoms with E-state index < -0.39 is 0 Å². The summed E-state index contributed by atoms with van der Waals surface area (Å²) < 4.78 is 4.61. The third kappa shape index (κ3) is 4.13. The van der Waals surface area contributed by atoms with Crippen molar-refractivity contribution in [2.24, 2.45) is 0 Å². The summed E-state index contributed by atoms with van der Waals surface area (Å²) >= 11 is 5.65.